The lowest BCUT2D eigenvalue weighted by Crippen LogP contribution is -2.31. The molecule has 2 aromatic heterocycles. The first kappa shape index (κ1) is 16.0. The van der Waals surface area contributed by atoms with Crippen molar-refractivity contribution in [3.63, 3.8) is 0 Å². The molecule has 5 nitrogen and oxygen atoms in total. The molecule has 0 spiro atoms. The van der Waals surface area contributed by atoms with Crippen LogP contribution in [0.15, 0.2) is 55.0 Å². The summed E-state index contributed by atoms with van der Waals surface area (Å²) in [5, 5.41) is 4.22. The van der Waals surface area contributed by atoms with Crippen LogP contribution in [0.1, 0.15) is 22.8 Å². The maximum Gasteiger partial charge on any atom is 0.259 e. The highest BCUT2D eigenvalue weighted by atomic mass is 19.1. The molecular weight excluding hydrogens is 307 g/mol. The highest BCUT2D eigenvalue weighted by Gasteiger charge is 2.22. The van der Waals surface area contributed by atoms with E-state index in [1.165, 1.54) is 12.1 Å². The lowest BCUT2D eigenvalue weighted by Gasteiger charge is -2.21. The number of aryl methyl sites for hydroxylation is 1. The lowest BCUT2D eigenvalue weighted by atomic mass is 10.2. The van der Waals surface area contributed by atoms with Crippen LogP contribution in [0, 0.1) is 5.82 Å². The second-order valence-electron chi connectivity index (χ2n) is 5.55. The summed E-state index contributed by atoms with van der Waals surface area (Å²) in [6.07, 6.45) is 5.32. The number of amides is 1. The normalized spacial score (nSPS) is 10.8. The maximum atomic E-state index is 13.4. The van der Waals surface area contributed by atoms with E-state index in [9.17, 15) is 9.18 Å². The first-order valence-electron chi connectivity index (χ1n) is 7.79. The highest BCUT2D eigenvalue weighted by molar-refractivity contribution is 5.97. The number of nitrogens with zero attached hydrogens (tertiary/aromatic N) is 4. The standard InChI is InChI=1S/C18H19FN4O/c1-3-22(13-14-7-6-8-15(19)11-14)18(24)16-12-20-21(2)17(16)23-9-4-5-10-23/h4-12H,3,13H2,1-2H3. The number of hydrogen-bond donors (Lipinski definition) is 0. The van der Waals surface area contributed by atoms with Crippen LogP contribution in [0.3, 0.4) is 0 Å². The van der Waals surface area contributed by atoms with E-state index >= 15 is 0 Å². The second-order valence-corrected chi connectivity index (χ2v) is 5.55. The number of carbonyl (C=O) groups is 1. The van der Waals surface area contributed by atoms with E-state index in [1.54, 1.807) is 28.9 Å². The van der Waals surface area contributed by atoms with E-state index in [0.717, 1.165) is 5.56 Å². The summed E-state index contributed by atoms with van der Waals surface area (Å²) >= 11 is 0. The summed E-state index contributed by atoms with van der Waals surface area (Å²) < 4.78 is 16.9. The number of benzene rings is 1. The van der Waals surface area contributed by atoms with Crippen LogP contribution in [0.2, 0.25) is 0 Å². The third-order valence-corrected chi connectivity index (χ3v) is 3.92. The van der Waals surface area contributed by atoms with Gasteiger partial charge in [0, 0.05) is 32.5 Å². The fourth-order valence-electron chi connectivity index (χ4n) is 2.72. The third kappa shape index (κ3) is 3.08. The molecule has 0 saturated carbocycles. The van der Waals surface area contributed by atoms with Gasteiger partial charge in [-0.05, 0) is 36.8 Å². The van der Waals surface area contributed by atoms with Crippen LogP contribution in [0.5, 0.6) is 0 Å². The number of rotatable bonds is 5. The molecule has 0 atom stereocenters. The first-order valence-corrected chi connectivity index (χ1v) is 7.79. The topological polar surface area (TPSA) is 43.1 Å². The smallest absolute Gasteiger partial charge is 0.259 e. The molecule has 0 aliphatic rings. The summed E-state index contributed by atoms with van der Waals surface area (Å²) in [6.45, 7) is 2.78. The Morgan fingerprint density at radius 3 is 2.67 bits per heavy atom. The number of carbonyl (C=O) groups excluding carboxylic acids is 1. The predicted octanol–water partition coefficient (Wildman–Crippen LogP) is 3.01. The minimum atomic E-state index is -0.301. The summed E-state index contributed by atoms with van der Waals surface area (Å²) in [7, 11) is 1.80. The Kier molecular flexibility index (Phi) is 4.46. The molecule has 0 radical (unpaired) electrons. The van der Waals surface area contributed by atoms with Gasteiger partial charge in [0.1, 0.15) is 17.2 Å². The van der Waals surface area contributed by atoms with Gasteiger partial charge < -0.3 is 9.47 Å². The van der Waals surface area contributed by atoms with Crippen molar-refractivity contribution in [3.05, 3.63) is 71.9 Å². The van der Waals surface area contributed by atoms with E-state index in [-0.39, 0.29) is 11.7 Å². The third-order valence-electron chi connectivity index (χ3n) is 3.92. The van der Waals surface area contributed by atoms with E-state index in [1.807, 2.05) is 42.1 Å². The quantitative estimate of drug-likeness (QED) is 0.723. The molecule has 0 fully saturated rings. The molecule has 0 N–H and O–H groups in total. The van der Waals surface area contributed by atoms with Crippen LogP contribution < -0.4 is 0 Å². The van der Waals surface area contributed by atoms with Gasteiger partial charge in [-0.1, -0.05) is 12.1 Å². The van der Waals surface area contributed by atoms with Gasteiger partial charge in [0.2, 0.25) is 0 Å². The Bertz CT molecular complexity index is 839. The number of hydrogen-bond acceptors (Lipinski definition) is 2. The largest absolute Gasteiger partial charge is 0.334 e. The number of aromatic nitrogens is 3. The van der Waals surface area contributed by atoms with Crippen molar-refractivity contribution >= 4 is 5.91 Å². The number of halogens is 1. The lowest BCUT2D eigenvalue weighted by molar-refractivity contribution is 0.0752. The summed E-state index contributed by atoms with van der Waals surface area (Å²) in [5.41, 5.74) is 1.28. The fraction of sp³-hybridized carbons (Fsp3) is 0.222. The van der Waals surface area contributed by atoms with Crippen LogP contribution in [-0.4, -0.2) is 31.7 Å². The molecule has 2 heterocycles. The Morgan fingerprint density at radius 1 is 1.25 bits per heavy atom. The van der Waals surface area contributed by atoms with E-state index in [4.69, 9.17) is 0 Å². The average molecular weight is 326 g/mol. The van der Waals surface area contributed by atoms with Crippen LogP contribution in [0.4, 0.5) is 4.39 Å². The summed E-state index contributed by atoms with van der Waals surface area (Å²) in [5.74, 6) is 0.284. The predicted molar refractivity (Wildman–Crippen MR) is 89.3 cm³/mol. The molecule has 124 valence electrons. The van der Waals surface area contributed by atoms with Crippen LogP contribution in [0.25, 0.3) is 5.82 Å². The maximum absolute atomic E-state index is 13.4. The van der Waals surface area contributed by atoms with E-state index in [0.29, 0.717) is 24.5 Å². The average Bonchev–Trinajstić information content (AvgIpc) is 3.21. The fourth-order valence-corrected chi connectivity index (χ4v) is 2.72. The Labute approximate surface area is 139 Å². The van der Waals surface area contributed by atoms with Crippen molar-refractivity contribution in [1.82, 2.24) is 19.2 Å². The van der Waals surface area contributed by atoms with Gasteiger partial charge in [-0.15, -0.1) is 0 Å². The first-order chi connectivity index (χ1) is 11.6. The van der Waals surface area contributed by atoms with E-state index in [2.05, 4.69) is 5.10 Å². The SMILES string of the molecule is CCN(Cc1cccc(F)c1)C(=O)c1cnn(C)c1-n1cccc1. The monoisotopic (exact) mass is 326 g/mol. The zero-order chi connectivity index (χ0) is 17.1. The van der Waals surface area contributed by atoms with Gasteiger partial charge in [-0.3, -0.25) is 9.48 Å². The molecule has 0 bridgehead atoms. The van der Waals surface area contributed by atoms with Gasteiger partial charge in [0.15, 0.2) is 0 Å². The van der Waals surface area contributed by atoms with Crippen molar-refractivity contribution < 1.29 is 9.18 Å². The highest BCUT2D eigenvalue weighted by Crippen LogP contribution is 2.18. The molecule has 1 amide bonds. The van der Waals surface area contributed by atoms with Crippen LogP contribution >= 0.6 is 0 Å². The summed E-state index contributed by atoms with van der Waals surface area (Å²) in [4.78, 5) is 14.6. The Balaban J connectivity index is 1.90. The second kappa shape index (κ2) is 6.70. The molecule has 6 heteroatoms. The van der Waals surface area contributed by atoms with Gasteiger partial charge in [-0.25, -0.2) is 4.39 Å². The van der Waals surface area contributed by atoms with Gasteiger partial charge in [0.05, 0.1) is 6.20 Å². The van der Waals surface area contributed by atoms with Crippen molar-refractivity contribution in [3.8, 4) is 5.82 Å². The van der Waals surface area contributed by atoms with Crippen molar-refractivity contribution in [2.45, 2.75) is 13.5 Å². The van der Waals surface area contributed by atoms with Gasteiger partial charge in [0.25, 0.3) is 5.91 Å². The van der Waals surface area contributed by atoms with Crippen molar-refractivity contribution in [1.29, 1.82) is 0 Å². The van der Waals surface area contributed by atoms with Crippen LogP contribution in [-0.2, 0) is 13.6 Å². The van der Waals surface area contributed by atoms with Gasteiger partial charge >= 0.3 is 0 Å². The summed E-state index contributed by atoms with van der Waals surface area (Å²) in [6, 6.07) is 10.1. The molecule has 24 heavy (non-hydrogen) atoms. The molecule has 0 aliphatic carbocycles. The molecule has 0 unspecified atom stereocenters. The minimum absolute atomic E-state index is 0.126. The zero-order valence-corrected chi connectivity index (χ0v) is 13.7. The Hall–Kier alpha value is -2.89. The van der Waals surface area contributed by atoms with Crippen molar-refractivity contribution in [2.75, 3.05) is 6.54 Å². The van der Waals surface area contributed by atoms with E-state index < -0.39 is 0 Å². The molecule has 3 rings (SSSR count). The molecule has 1 aromatic carbocycles. The molecule has 0 aliphatic heterocycles. The minimum Gasteiger partial charge on any atom is -0.334 e. The molecule has 3 aromatic rings. The van der Waals surface area contributed by atoms with Gasteiger partial charge in [-0.2, -0.15) is 5.10 Å². The molecular formula is C18H19FN4O. The van der Waals surface area contributed by atoms with Crippen molar-refractivity contribution in [2.24, 2.45) is 7.05 Å². The molecule has 0 saturated heterocycles. The Morgan fingerprint density at radius 2 is 2.00 bits per heavy atom. The zero-order valence-electron chi connectivity index (χ0n) is 13.7.